The van der Waals surface area contributed by atoms with Gasteiger partial charge in [-0.2, -0.15) is 5.10 Å². The van der Waals surface area contributed by atoms with Crippen LogP contribution in [0.5, 0.6) is 0 Å². The van der Waals surface area contributed by atoms with Gasteiger partial charge in [0.25, 0.3) is 5.91 Å². The molecule has 0 spiro atoms. The Balaban J connectivity index is 1.45. The molecular formula is C22H25F2N7O2. The topological polar surface area (TPSA) is 96.2 Å². The summed E-state index contributed by atoms with van der Waals surface area (Å²) in [6.07, 6.45) is 3.21. The molecule has 3 heterocycles. The van der Waals surface area contributed by atoms with Gasteiger partial charge in [-0.1, -0.05) is 19.9 Å². The first-order valence-corrected chi connectivity index (χ1v) is 10.7. The van der Waals surface area contributed by atoms with E-state index in [9.17, 15) is 18.4 Å². The van der Waals surface area contributed by atoms with Crippen molar-refractivity contribution in [1.29, 1.82) is 0 Å². The Morgan fingerprint density at radius 3 is 2.36 bits per heavy atom. The summed E-state index contributed by atoms with van der Waals surface area (Å²) in [6.45, 7) is 5.45. The molecule has 3 aromatic rings. The Hall–Kier alpha value is -3.63. The van der Waals surface area contributed by atoms with E-state index < -0.39 is 29.1 Å². The number of carbonyl (C=O) groups excluding carboxylic acids is 2. The molecule has 4 rings (SSSR count). The summed E-state index contributed by atoms with van der Waals surface area (Å²) >= 11 is 0. The van der Waals surface area contributed by atoms with Crippen molar-refractivity contribution in [3.8, 4) is 0 Å². The van der Waals surface area contributed by atoms with Gasteiger partial charge in [-0.25, -0.2) is 18.7 Å². The van der Waals surface area contributed by atoms with Crippen LogP contribution in [-0.2, 0) is 11.8 Å². The van der Waals surface area contributed by atoms with E-state index in [0.29, 0.717) is 26.2 Å². The number of aromatic nitrogens is 4. The Morgan fingerprint density at radius 1 is 1.06 bits per heavy atom. The Kier molecular flexibility index (Phi) is 6.21. The van der Waals surface area contributed by atoms with Crippen molar-refractivity contribution in [3.63, 3.8) is 0 Å². The summed E-state index contributed by atoms with van der Waals surface area (Å²) < 4.78 is 29.7. The summed E-state index contributed by atoms with van der Waals surface area (Å²) in [5, 5.41) is 7.59. The third-order valence-electron chi connectivity index (χ3n) is 5.81. The molecule has 1 aliphatic heterocycles. The fraction of sp³-hybridized carbons (Fsp3) is 0.409. The smallest absolute Gasteiger partial charge is 0.257 e. The molecule has 174 valence electrons. The molecule has 9 nitrogen and oxygen atoms in total. The minimum Gasteiger partial charge on any atom is -0.352 e. The van der Waals surface area contributed by atoms with Crippen LogP contribution in [-0.4, -0.2) is 68.7 Å². The quantitative estimate of drug-likeness (QED) is 0.627. The number of hydrogen-bond donors (Lipinski definition) is 1. The molecule has 33 heavy (non-hydrogen) atoms. The third-order valence-corrected chi connectivity index (χ3v) is 5.81. The van der Waals surface area contributed by atoms with Gasteiger partial charge in [0.05, 0.1) is 11.6 Å². The van der Waals surface area contributed by atoms with E-state index in [0.717, 1.165) is 29.0 Å². The number of fused-ring (bicyclic) bond motifs is 1. The molecule has 2 aromatic heterocycles. The van der Waals surface area contributed by atoms with Gasteiger partial charge in [0.2, 0.25) is 5.91 Å². The highest BCUT2D eigenvalue weighted by molar-refractivity contribution is 5.98. The summed E-state index contributed by atoms with van der Waals surface area (Å²) in [6, 6.07) is 2.29. The number of halogens is 2. The van der Waals surface area contributed by atoms with Gasteiger partial charge in [-0.05, 0) is 18.1 Å². The lowest BCUT2D eigenvalue weighted by Gasteiger charge is -2.37. The van der Waals surface area contributed by atoms with E-state index in [2.05, 4.69) is 25.3 Å². The second-order valence-electron chi connectivity index (χ2n) is 8.31. The van der Waals surface area contributed by atoms with Crippen molar-refractivity contribution in [2.75, 3.05) is 31.1 Å². The van der Waals surface area contributed by atoms with Crippen LogP contribution in [0.25, 0.3) is 11.0 Å². The van der Waals surface area contributed by atoms with Crippen molar-refractivity contribution < 1.29 is 18.4 Å². The van der Waals surface area contributed by atoms with E-state index in [-0.39, 0.29) is 11.8 Å². The summed E-state index contributed by atoms with van der Waals surface area (Å²) in [7, 11) is 1.81. The normalized spacial score (nSPS) is 15.2. The van der Waals surface area contributed by atoms with E-state index in [4.69, 9.17) is 0 Å². The summed E-state index contributed by atoms with van der Waals surface area (Å²) in [5.41, 5.74) is 0.0338. The first kappa shape index (κ1) is 22.6. The molecule has 0 radical (unpaired) electrons. The maximum absolute atomic E-state index is 14.0. The third kappa shape index (κ3) is 4.35. The first-order chi connectivity index (χ1) is 15.8. The average Bonchev–Trinajstić information content (AvgIpc) is 3.18. The molecular weight excluding hydrogens is 432 g/mol. The van der Waals surface area contributed by atoms with Gasteiger partial charge in [-0.3, -0.25) is 14.3 Å². The average molecular weight is 457 g/mol. The predicted octanol–water partition coefficient (Wildman–Crippen LogP) is 1.74. The first-order valence-electron chi connectivity index (χ1n) is 10.7. The fourth-order valence-corrected chi connectivity index (χ4v) is 3.98. The molecule has 0 unspecified atom stereocenters. The number of aryl methyl sites for hydroxylation is 1. The van der Waals surface area contributed by atoms with Crippen molar-refractivity contribution in [2.24, 2.45) is 13.0 Å². The van der Waals surface area contributed by atoms with Crippen molar-refractivity contribution in [3.05, 3.63) is 47.9 Å². The number of anilines is 1. The standard InChI is InChI=1S/C22H25F2N7O2/c1-13(2)18(28-21(32)17-15(23)5-4-6-16(17)24)22(33)31-9-7-30(8-10-31)20-14-11-27-29(3)19(14)25-12-26-20/h4-6,11-13,18H,7-10H2,1-3H3,(H,28,32)/t18-/m0/s1. The van der Waals surface area contributed by atoms with E-state index in [1.807, 2.05) is 7.05 Å². The van der Waals surface area contributed by atoms with Crippen molar-refractivity contribution in [2.45, 2.75) is 19.9 Å². The molecule has 1 aliphatic rings. The van der Waals surface area contributed by atoms with Crippen LogP contribution in [0.15, 0.2) is 30.7 Å². The Morgan fingerprint density at radius 2 is 1.73 bits per heavy atom. The molecule has 0 aliphatic carbocycles. The van der Waals surface area contributed by atoms with Crippen LogP contribution >= 0.6 is 0 Å². The SMILES string of the molecule is CC(C)[C@H](NC(=O)c1c(F)cccc1F)C(=O)N1CCN(c2ncnc3c2cnn3C)CC1. The van der Waals surface area contributed by atoms with Crippen molar-refractivity contribution in [1.82, 2.24) is 30.0 Å². The number of nitrogens with zero attached hydrogens (tertiary/aromatic N) is 6. The number of rotatable bonds is 5. The van der Waals surface area contributed by atoms with Crippen molar-refractivity contribution >= 4 is 28.7 Å². The maximum atomic E-state index is 14.0. The minimum atomic E-state index is -0.970. The molecule has 0 saturated carbocycles. The lowest BCUT2D eigenvalue weighted by atomic mass is 10.0. The maximum Gasteiger partial charge on any atom is 0.257 e. The van der Waals surface area contributed by atoms with Gasteiger partial charge in [0.1, 0.15) is 35.4 Å². The zero-order chi connectivity index (χ0) is 23.7. The molecule has 1 atom stereocenters. The number of hydrogen-bond acceptors (Lipinski definition) is 6. The van der Waals surface area contributed by atoms with E-state index in [1.165, 1.54) is 12.4 Å². The number of amides is 2. The van der Waals surface area contributed by atoms with E-state index in [1.54, 1.807) is 29.6 Å². The lowest BCUT2D eigenvalue weighted by molar-refractivity contribution is -0.134. The second kappa shape index (κ2) is 9.08. The summed E-state index contributed by atoms with van der Waals surface area (Å²) in [4.78, 5) is 38.1. The van der Waals surface area contributed by atoms with Gasteiger partial charge >= 0.3 is 0 Å². The Bertz CT molecular complexity index is 1170. The second-order valence-corrected chi connectivity index (χ2v) is 8.31. The molecule has 1 saturated heterocycles. The zero-order valence-electron chi connectivity index (χ0n) is 18.6. The van der Waals surface area contributed by atoms with Gasteiger partial charge in [0, 0.05) is 33.2 Å². The van der Waals surface area contributed by atoms with Gasteiger partial charge in [-0.15, -0.1) is 0 Å². The Labute approximate surface area is 189 Å². The van der Waals surface area contributed by atoms with Crippen LogP contribution in [0.2, 0.25) is 0 Å². The highest BCUT2D eigenvalue weighted by Gasteiger charge is 2.32. The van der Waals surface area contributed by atoms with Crippen LogP contribution < -0.4 is 10.2 Å². The molecule has 1 N–H and O–H groups in total. The van der Waals surface area contributed by atoms with E-state index >= 15 is 0 Å². The number of piperazine rings is 1. The molecule has 2 amide bonds. The largest absolute Gasteiger partial charge is 0.352 e. The lowest BCUT2D eigenvalue weighted by Crippen LogP contribution is -2.56. The summed E-state index contributed by atoms with van der Waals surface area (Å²) in [5.74, 6) is -2.69. The predicted molar refractivity (Wildman–Crippen MR) is 118 cm³/mol. The zero-order valence-corrected chi connectivity index (χ0v) is 18.6. The van der Waals surface area contributed by atoms with Crippen LogP contribution in [0.3, 0.4) is 0 Å². The fourth-order valence-electron chi connectivity index (χ4n) is 3.98. The molecule has 1 aromatic carbocycles. The molecule has 11 heteroatoms. The van der Waals surface area contributed by atoms with Crippen LogP contribution in [0.4, 0.5) is 14.6 Å². The number of nitrogens with one attached hydrogen (secondary N) is 1. The monoisotopic (exact) mass is 457 g/mol. The minimum absolute atomic E-state index is 0.272. The van der Waals surface area contributed by atoms with Crippen LogP contribution in [0, 0.1) is 17.6 Å². The van der Waals surface area contributed by atoms with Gasteiger partial charge < -0.3 is 15.1 Å². The number of benzene rings is 1. The van der Waals surface area contributed by atoms with Crippen LogP contribution in [0.1, 0.15) is 24.2 Å². The highest BCUT2D eigenvalue weighted by Crippen LogP contribution is 2.23. The highest BCUT2D eigenvalue weighted by atomic mass is 19.1. The van der Waals surface area contributed by atoms with Gasteiger partial charge in [0.15, 0.2) is 5.65 Å². The molecule has 0 bridgehead atoms. The molecule has 1 fully saturated rings. The number of carbonyl (C=O) groups is 2.